The van der Waals surface area contributed by atoms with Gasteiger partial charge >= 0.3 is 0 Å². The molecule has 0 aliphatic carbocycles. The van der Waals surface area contributed by atoms with Gasteiger partial charge in [-0.3, -0.25) is 0 Å². The van der Waals surface area contributed by atoms with Crippen LogP contribution in [0, 0.1) is 12.3 Å². The number of nitrogens with one attached hydrogen (secondary N) is 1. The molecule has 0 aromatic carbocycles. The summed E-state index contributed by atoms with van der Waals surface area (Å²) in [6.07, 6.45) is 4.82. The van der Waals surface area contributed by atoms with Crippen molar-refractivity contribution in [2.75, 3.05) is 13.2 Å². The molecule has 2 unspecified atom stereocenters. The molecule has 0 bridgehead atoms. The molecule has 0 heterocycles. The van der Waals surface area contributed by atoms with E-state index in [1.54, 1.807) is 0 Å². The average molecular weight is 185 g/mol. The first kappa shape index (κ1) is 12.4. The van der Waals surface area contributed by atoms with Gasteiger partial charge in [0.15, 0.2) is 0 Å². The van der Waals surface area contributed by atoms with Crippen LogP contribution in [0.25, 0.3) is 0 Å². The number of rotatable bonds is 6. The molecule has 2 atom stereocenters. The van der Waals surface area contributed by atoms with Crippen molar-refractivity contribution in [3.63, 3.8) is 0 Å². The third-order valence-corrected chi connectivity index (χ3v) is 1.53. The summed E-state index contributed by atoms with van der Waals surface area (Å²) in [6.45, 7) is 6.56. The van der Waals surface area contributed by atoms with E-state index in [-0.39, 0.29) is 12.1 Å². The largest absolute Gasteiger partial charge is 0.389 e. The first-order valence-electron chi connectivity index (χ1n) is 4.55. The lowest BCUT2D eigenvalue weighted by atomic mass is 10.3. The lowest BCUT2D eigenvalue weighted by Gasteiger charge is -2.15. The second-order valence-electron chi connectivity index (χ2n) is 3.33. The van der Waals surface area contributed by atoms with E-state index < -0.39 is 6.10 Å². The van der Waals surface area contributed by atoms with Gasteiger partial charge in [-0.15, -0.1) is 6.42 Å². The highest BCUT2D eigenvalue weighted by Gasteiger charge is 2.06. The van der Waals surface area contributed by atoms with Crippen molar-refractivity contribution in [3.8, 4) is 12.3 Å². The minimum absolute atomic E-state index is 0.00583. The molecule has 0 spiro atoms. The van der Waals surface area contributed by atoms with Crippen molar-refractivity contribution < 1.29 is 9.84 Å². The summed E-state index contributed by atoms with van der Waals surface area (Å²) in [7, 11) is 0. The third-order valence-electron chi connectivity index (χ3n) is 1.53. The van der Waals surface area contributed by atoms with Crippen molar-refractivity contribution in [3.05, 3.63) is 0 Å². The van der Waals surface area contributed by atoms with Gasteiger partial charge in [0.1, 0.15) is 0 Å². The Morgan fingerprint density at radius 3 is 2.54 bits per heavy atom. The van der Waals surface area contributed by atoms with Crippen LogP contribution < -0.4 is 5.32 Å². The molecule has 0 aliphatic rings. The predicted octanol–water partition coefficient (Wildman–Crippen LogP) is 0.384. The fourth-order valence-electron chi connectivity index (χ4n) is 0.734. The quantitative estimate of drug-likeness (QED) is 0.588. The molecule has 0 saturated carbocycles. The van der Waals surface area contributed by atoms with Gasteiger partial charge in [0, 0.05) is 6.54 Å². The maximum atomic E-state index is 9.39. The Morgan fingerprint density at radius 1 is 1.46 bits per heavy atom. The molecular weight excluding hydrogens is 166 g/mol. The zero-order valence-corrected chi connectivity index (χ0v) is 8.58. The van der Waals surface area contributed by atoms with E-state index in [0.717, 1.165) is 0 Å². The number of aliphatic hydroxyl groups excluding tert-OH is 1. The second-order valence-corrected chi connectivity index (χ2v) is 3.33. The van der Waals surface area contributed by atoms with Gasteiger partial charge in [-0.2, -0.15) is 0 Å². The van der Waals surface area contributed by atoms with Gasteiger partial charge in [0.25, 0.3) is 0 Å². The van der Waals surface area contributed by atoms with Gasteiger partial charge in [-0.1, -0.05) is 5.92 Å². The molecule has 3 nitrogen and oxygen atoms in total. The highest BCUT2D eigenvalue weighted by Crippen LogP contribution is 1.91. The first-order valence-corrected chi connectivity index (χ1v) is 4.55. The van der Waals surface area contributed by atoms with Crippen molar-refractivity contribution >= 4 is 0 Å². The topological polar surface area (TPSA) is 41.5 Å². The lowest BCUT2D eigenvalue weighted by molar-refractivity contribution is 0.00612. The number of aliphatic hydroxyl groups is 1. The van der Waals surface area contributed by atoms with Crippen molar-refractivity contribution in [1.82, 2.24) is 5.32 Å². The van der Waals surface area contributed by atoms with Crippen LogP contribution in [0.15, 0.2) is 0 Å². The van der Waals surface area contributed by atoms with Crippen molar-refractivity contribution in [2.45, 2.75) is 39.0 Å². The number of hydrogen-bond donors (Lipinski definition) is 2. The lowest BCUT2D eigenvalue weighted by Crippen LogP contribution is -2.35. The van der Waals surface area contributed by atoms with Crippen LogP contribution >= 0.6 is 0 Å². The van der Waals surface area contributed by atoms with Crippen LogP contribution in [0.5, 0.6) is 0 Å². The Labute approximate surface area is 80.5 Å². The van der Waals surface area contributed by atoms with E-state index in [1.165, 1.54) is 0 Å². The third kappa shape index (κ3) is 7.79. The smallest absolute Gasteiger partial charge is 0.0898 e. The Bertz CT molecular complexity index is 163. The maximum Gasteiger partial charge on any atom is 0.0898 e. The molecular formula is C10H19NO2. The van der Waals surface area contributed by atoms with Gasteiger partial charge in [0.2, 0.25) is 0 Å². The van der Waals surface area contributed by atoms with E-state index in [9.17, 15) is 5.11 Å². The molecule has 0 saturated heterocycles. The summed E-state index contributed by atoms with van der Waals surface area (Å²) in [5, 5.41) is 12.4. The predicted molar refractivity (Wildman–Crippen MR) is 53.4 cm³/mol. The standard InChI is InChI=1S/C10H19NO2/c1-5-9(4)11-6-10(12)7-13-8(2)3/h1,8-12H,6-7H2,2-4H3. The van der Waals surface area contributed by atoms with E-state index in [2.05, 4.69) is 11.2 Å². The fourth-order valence-corrected chi connectivity index (χ4v) is 0.734. The molecule has 0 rings (SSSR count). The fraction of sp³-hybridized carbons (Fsp3) is 0.800. The Hall–Kier alpha value is -0.560. The summed E-state index contributed by atoms with van der Waals surface area (Å²) in [6, 6.07) is -0.00583. The number of ether oxygens (including phenoxy) is 1. The first-order chi connectivity index (χ1) is 6.06. The molecule has 0 aromatic rings. The summed E-state index contributed by atoms with van der Waals surface area (Å²) in [5.74, 6) is 2.52. The zero-order valence-electron chi connectivity index (χ0n) is 8.58. The van der Waals surface area contributed by atoms with Gasteiger partial charge in [-0.05, 0) is 20.8 Å². The Kier molecular flexibility index (Phi) is 6.61. The van der Waals surface area contributed by atoms with Gasteiger partial charge in [-0.25, -0.2) is 0 Å². The molecule has 0 aromatic heterocycles. The van der Waals surface area contributed by atoms with Crippen LogP contribution in [0.2, 0.25) is 0 Å². The molecule has 3 heteroatoms. The van der Waals surface area contributed by atoms with Crippen LogP contribution in [0.4, 0.5) is 0 Å². The van der Waals surface area contributed by atoms with E-state index in [0.29, 0.717) is 13.2 Å². The highest BCUT2D eigenvalue weighted by molar-refractivity contribution is 4.95. The zero-order chi connectivity index (χ0) is 10.3. The molecule has 0 radical (unpaired) electrons. The second kappa shape index (κ2) is 6.90. The molecule has 76 valence electrons. The summed E-state index contributed by atoms with van der Waals surface area (Å²) >= 11 is 0. The van der Waals surface area contributed by atoms with Gasteiger partial charge < -0.3 is 15.2 Å². The molecule has 0 fully saturated rings. The average Bonchev–Trinajstić information content (AvgIpc) is 2.10. The monoisotopic (exact) mass is 185 g/mol. The summed E-state index contributed by atoms with van der Waals surface area (Å²) in [4.78, 5) is 0. The Balaban J connectivity index is 3.41. The maximum absolute atomic E-state index is 9.39. The van der Waals surface area contributed by atoms with Crippen molar-refractivity contribution in [1.29, 1.82) is 0 Å². The number of hydrogen-bond acceptors (Lipinski definition) is 3. The van der Waals surface area contributed by atoms with Crippen LogP contribution in [0.3, 0.4) is 0 Å². The van der Waals surface area contributed by atoms with Crippen molar-refractivity contribution in [2.24, 2.45) is 0 Å². The minimum Gasteiger partial charge on any atom is -0.389 e. The van der Waals surface area contributed by atoms with E-state index in [4.69, 9.17) is 11.2 Å². The number of terminal acetylenes is 1. The molecule has 0 aliphatic heterocycles. The minimum atomic E-state index is -0.488. The molecule has 0 amide bonds. The van der Waals surface area contributed by atoms with E-state index >= 15 is 0 Å². The van der Waals surface area contributed by atoms with Crippen LogP contribution in [-0.4, -0.2) is 36.5 Å². The molecule has 2 N–H and O–H groups in total. The van der Waals surface area contributed by atoms with Crippen LogP contribution in [-0.2, 0) is 4.74 Å². The SMILES string of the molecule is C#CC(C)NCC(O)COC(C)C. The molecule has 13 heavy (non-hydrogen) atoms. The van der Waals surface area contributed by atoms with Crippen LogP contribution in [0.1, 0.15) is 20.8 Å². The summed E-state index contributed by atoms with van der Waals surface area (Å²) in [5.41, 5.74) is 0. The normalized spacial score (nSPS) is 15.4. The van der Waals surface area contributed by atoms with E-state index in [1.807, 2.05) is 20.8 Å². The highest BCUT2D eigenvalue weighted by atomic mass is 16.5. The Morgan fingerprint density at radius 2 is 2.08 bits per heavy atom. The van der Waals surface area contributed by atoms with Gasteiger partial charge in [0.05, 0.1) is 24.9 Å². The summed E-state index contributed by atoms with van der Waals surface area (Å²) < 4.78 is 5.23.